The fourth-order valence-electron chi connectivity index (χ4n) is 2.96. The third kappa shape index (κ3) is 3.38. The SMILES string of the molecule is O=C(Nc1cc(Cl)ccc1-c1noc(=O)[nH]1)[C@@H]1C[C@H]1c1ccc(Cl)cc1. The Labute approximate surface area is 158 Å². The number of nitrogens with zero attached hydrogens (tertiary/aromatic N) is 1. The van der Waals surface area contributed by atoms with E-state index in [1.54, 1.807) is 18.2 Å². The number of rotatable bonds is 4. The maximum Gasteiger partial charge on any atom is 0.439 e. The van der Waals surface area contributed by atoms with Crippen molar-refractivity contribution in [2.45, 2.75) is 12.3 Å². The molecule has 2 N–H and O–H groups in total. The number of H-pyrrole nitrogens is 1. The zero-order valence-corrected chi connectivity index (χ0v) is 14.8. The van der Waals surface area contributed by atoms with Crippen molar-refractivity contribution in [2.75, 3.05) is 5.32 Å². The van der Waals surface area contributed by atoms with Crippen LogP contribution in [0.2, 0.25) is 10.0 Å². The second-order valence-corrected chi connectivity index (χ2v) is 7.00. The minimum Gasteiger partial charge on any atom is -0.325 e. The fraction of sp³-hybridized carbons (Fsp3) is 0.167. The van der Waals surface area contributed by atoms with E-state index in [-0.39, 0.29) is 23.6 Å². The summed E-state index contributed by atoms with van der Waals surface area (Å²) < 4.78 is 4.54. The van der Waals surface area contributed by atoms with Gasteiger partial charge in [0.05, 0.1) is 5.69 Å². The van der Waals surface area contributed by atoms with E-state index in [9.17, 15) is 9.59 Å². The van der Waals surface area contributed by atoms with Crippen molar-refractivity contribution in [3.63, 3.8) is 0 Å². The maximum atomic E-state index is 12.6. The predicted octanol–water partition coefficient (Wildman–Crippen LogP) is 4.08. The van der Waals surface area contributed by atoms with Gasteiger partial charge in [-0.1, -0.05) is 40.5 Å². The van der Waals surface area contributed by atoms with Gasteiger partial charge in [-0.15, -0.1) is 0 Å². The van der Waals surface area contributed by atoms with E-state index in [1.807, 2.05) is 24.3 Å². The van der Waals surface area contributed by atoms with Crippen LogP contribution in [0.25, 0.3) is 11.4 Å². The van der Waals surface area contributed by atoms with Crippen LogP contribution < -0.4 is 11.1 Å². The van der Waals surface area contributed by atoms with Crippen molar-refractivity contribution in [2.24, 2.45) is 5.92 Å². The van der Waals surface area contributed by atoms with Crippen LogP contribution in [0.3, 0.4) is 0 Å². The van der Waals surface area contributed by atoms with Gasteiger partial charge in [0.2, 0.25) is 5.91 Å². The molecule has 0 radical (unpaired) electrons. The minimum atomic E-state index is -0.669. The molecule has 3 aromatic rings. The zero-order chi connectivity index (χ0) is 18.3. The number of benzene rings is 2. The molecule has 2 atom stereocenters. The Morgan fingerprint density at radius 3 is 2.58 bits per heavy atom. The van der Waals surface area contributed by atoms with Crippen LogP contribution in [0.1, 0.15) is 17.9 Å². The van der Waals surface area contributed by atoms with Crippen LogP contribution in [0.4, 0.5) is 5.69 Å². The lowest BCUT2D eigenvalue weighted by molar-refractivity contribution is -0.117. The highest BCUT2D eigenvalue weighted by molar-refractivity contribution is 6.31. The van der Waals surface area contributed by atoms with Gasteiger partial charge in [-0.25, -0.2) is 4.79 Å². The zero-order valence-electron chi connectivity index (χ0n) is 13.3. The van der Waals surface area contributed by atoms with Crippen LogP contribution in [-0.2, 0) is 4.79 Å². The second-order valence-electron chi connectivity index (χ2n) is 6.12. The van der Waals surface area contributed by atoms with Gasteiger partial charge < -0.3 is 5.32 Å². The van der Waals surface area contributed by atoms with Crippen molar-refractivity contribution in [3.05, 3.63) is 68.6 Å². The van der Waals surface area contributed by atoms with Crippen LogP contribution in [0.5, 0.6) is 0 Å². The van der Waals surface area contributed by atoms with Gasteiger partial charge in [-0.05, 0) is 48.2 Å². The highest BCUT2D eigenvalue weighted by atomic mass is 35.5. The molecular formula is C18H13Cl2N3O3. The average Bonchev–Trinajstić information content (AvgIpc) is 3.30. The van der Waals surface area contributed by atoms with E-state index in [4.69, 9.17) is 23.2 Å². The number of amides is 1. The van der Waals surface area contributed by atoms with E-state index in [1.165, 1.54) is 0 Å². The quantitative estimate of drug-likeness (QED) is 0.703. The summed E-state index contributed by atoms with van der Waals surface area (Å²) in [5, 5.41) is 7.67. The van der Waals surface area contributed by atoms with Gasteiger partial charge in [0.15, 0.2) is 5.82 Å². The number of aromatic amines is 1. The standard InChI is InChI=1S/C18H13Cl2N3O3/c19-10-3-1-9(2-4-10)13-8-14(13)17(24)21-15-7-11(20)5-6-12(15)16-22-18(25)26-23-16/h1-7,13-14H,8H2,(H,21,24)(H,22,23,25)/t13-,14+/m0/s1. The molecule has 0 aliphatic heterocycles. The van der Waals surface area contributed by atoms with Gasteiger partial charge in [0.25, 0.3) is 0 Å². The third-order valence-electron chi connectivity index (χ3n) is 4.36. The number of nitrogens with one attached hydrogen (secondary N) is 2. The van der Waals surface area contributed by atoms with Gasteiger partial charge in [0, 0.05) is 21.5 Å². The molecule has 0 unspecified atom stereocenters. The highest BCUT2D eigenvalue weighted by Gasteiger charge is 2.44. The molecule has 1 saturated carbocycles. The van der Waals surface area contributed by atoms with Gasteiger partial charge >= 0.3 is 5.76 Å². The van der Waals surface area contributed by atoms with Gasteiger partial charge in [-0.3, -0.25) is 14.3 Å². The molecule has 1 amide bonds. The summed E-state index contributed by atoms with van der Waals surface area (Å²) in [6.07, 6.45) is 0.768. The summed E-state index contributed by atoms with van der Waals surface area (Å²) in [7, 11) is 0. The average molecular weight is 390 g/mol. The molecule has 2 aromatic carbocycles. The molecule has 1 heterocycles. The molecule has 0 bridgehead atoms. The molecule has 132 valence electrons. The van der Waals surface area contributed by atoms with E-state index < -0.39 is 5.76 Å². The molecule has 1 aliphatic carbocycles. The Balaban J connectivity index is 1.54. The van der Waals surface area contributed by atoms with Crippen molar-refractivity contribution < 1.29 is 9.32 Å². The predicted molar refractivity (Wildman–Crippen MR) is 98.5 cm³/mol. The van der Waals surface area contributed by atoms with Crippen LogP contribution >= 0.6 is 23.2 Å². The Hall–Kier alpha value is -2.57. The normalized spacial score (nSPS) is 18.5. The first kappa shape index (κ1) is 16.9. The lowest BCUT2D eigenvalue weighted by atomic mass is 10.1. The fourth-order valence-corrected chi connectivity index (χ4v) is 3.26. The van der Waals surface area contributed by atoms with Crippen molar-refractivity contribution >= 4 is 34.8 Å². The van der Waals surface area contributed by atoms with E-state index in [0.717, 1.165) is 12.0 Å². The smallest absolute Gasteiger partial charge is 0.325 e. The first-order chi connectivity index (χ1) is 12.5. The summed E-state index contributed by atoms with van der Waals surface area (Å²) in [6, 6.07) is 12.4. The third-order valence-corrected chi connectivity index (χ3v) is 4.85. The Kier molecular flexibility index (Phi) is 4.30. The van der Waals surface area contributed by atoms with Gasteiger partial charge in [-0.2, -0.15) is 0 Å². The highest BCUT2D eigenvalue weighted by Crippen LogP contribution is 2.48. The summed E-state index contributed by atoms with van der Waals surface area (Å²) >= 11 is 12.0. The number of carbonyl (C=O) groups excluding carboxylic acids is 1. The molecule has 6 nitrogen and oxygen atoms in total. The maximum absolute atomic E-state index is 12.6. The Morgan fingerprint density at radius 1 is 1.15 bits per heavy atom. The molecule has 1 aliphatic rings. The molecule has 4 rings (SSSR count). The summed E-state index contributed by atoms with van der Waals surface area (Å²) in [4.78, 5) is 26.3. The van der Waals surface area contributed by atoms with Crippen molar-refractivity contribution in [3.8, 4) is 11.4 Å². The van der Waals surface area contributed by atoms with Crippen LogP contribution in [0, 0.1) is 5.92 Å². The van der Waals surface area contributed by atoms with E-state index in [2.05, 4.69) is 20.0 Å². The first-order valence-corrected chi connectivity index (χ1v) is 8.69. The minimum absolute atomic E-state index is 0.112. The summed E-state index contributed by atoms with van der Waals surface area (Å²) in [5.74, 6) is -0.510. The van der Waals surface area contributed by atoms with Crippen LogP contribution in [0.15, 0.2) is 51.8 Å². The first-order valence-electron chi connectivity index (χ1n) is 7.93. The van der Waals surface area contributed by atoms with Crippen LogP contribution in [-0.4, -0.2) is 16.0 Å². The summed E-state index contributed by atoms with van der Waals surface area (Å²) in [6.45, 7) is 0. The number of anilines is 1. The molecule has 1 fully saturated rings. The number of hydrogen-bond donors (Lipinski definition) is 2. The van der Waals surface area contributed by atoms with E-state index in [0.29, 0.717) is 21.3 Å². The lowest BCUT2D eigenvalue weighted by Crippen LogP contribution is -2.15. The summed E-state index contributed by atoms with van der Waals surface area (Å²) in [5.41, 5.74) is 2.08. The Bertz CT molecular complexity index is 1030. The molecule has 1 aromatic heterocycles. The molecular weight excluding hydrogens is 377 g/mol. The van der Waals surface area contributed by atoms with Gasteiger partial charge in [0.1, 0.15) is 0 Å². The molecule has 0 spiro atoms. The number of aromatic nitrogens is 2. The molecule has 26 heavy (non-hydrogen) atoms. The second kappa shape index (κ2) is 6.63. The topological polar surface area (TPSA) is 88.0 Å². The monoisotopic (exact) mass is 389 g/mol. The van der Waals surface area contributed by atoms with Crippen molar-refractivity contribution in [1.82, 2.24) is 10.1 Å². The molecule has 0 saturated heterocycles. The van der Waals surface area contributed by atoms with E-state index >= 15 is 0 Å². The molecule has 8 heteroatoms. The number of halogens is 2. The largest absolute Gasteiger partial charge is 0.439 e. The lowest BCUT2D eigenvalue weighted by Gasteiger charge is -2.10. The number of carbonyl (C=O) groups is 1. The number of hydrogen-bond acceptors (Lipinski definition) is 4. The Morgan fingerprint density at radius 2 is 1.88 bits per heavy atom. The van der Waals surface area contributed by atoms with Crippen molar-refractivity contribution in [1.29, 1.82) is 0 Å².